The Morgan fingerprint density at radius 3 is 2.52 bits per heavy atom. The molecule has 7 heteroatoms. The number of halogens is 3. The summed E-state index contributed by atoms with van der Waals surface area (Å²) in [4.78, 5) is 16.8. The first-order valence-electron chi connectivity index (χ1n) is 6.51. The maximum Gasteiger partial charge on any atom is 0.264 e. The highest BCUT2D eigenvalue weighted by molar-refractivity contribution is 8.18. The third kappa shape index (κ3) is 3.93. The van der Waals surface area contributed by atoms with Gasteiger partial charge in [0.2, 0.25) is 0 Å². The lowest BCUT2D eigenvalue weighted by atomic mass is 10.2. The average Bonchev–Trinajstić information content (AvgIpc) is 2.85. The molecule has 116 valence electrons. The summed E-state index contributed by atoms with van der Waals surface area (Å²) in [5, 5.41) is 3.95. The summed E-state index contributed by atoms with van der Waals surface area (Å²) in [6, 6.07) is 10.8. The zero-order chi connectivity index (χ0) is 16.4. The largest absolute Gasteiger partial charge is 0.300 e. The van der Waals surface area contributed by atoms with Crippen LogP contribution in [-0.4, -0.2) is 11.1 Å². The molecule has 1 aliphatic heterocycles. The zero-order valence-electron chi connectivity index (χ0n) is 11.5. The number of hydrogen-bond acceptors (Lipinski definition) is 3. The monoisotopic (exact) mass is 366 g/mol. The van der Waals surface area contributed by atoms with E-state index in [1.807, 2.05) is 0 Å². The van der Waals surface area contributed by atoms with Crippen LogP contribution in [0.25, 0.3) is 6.08 Å². The average molecular weight is 367 g/mol. The van der Waals surface area contributed by atoms with E-state index >= 15 is 0 Å². The number of amidine groups is 1. The topological polar surface area (TPSA) is 41.5 Å². The number of rotatable bonds is 2. The van der Waals surface area contributed by atoms with Crippen LogP contribution in [0, 0.1) is 5.82 Å². The molecule has 3 nitrogen and oxygen atoms in total. The number of nitrogens with one attached hydrogen (secondary N) is 1. The summed E-state index contributed by atoms with van der Waals surface area (Å²) in [6.07, 6.45) is 1.68. The Balaban J connectivity index is 1.82. The van der Waals surface area contributed by atoms with Gasteiger partial charge in [0.05, 0.1) is 20.6 Å². The van der Waals surface area contributed by atoms with E-state index in [2.05, 4.69) is 10.3 Å². The minimum Gasteiger partial charge on any atom is -0.300 e. The quantitative estimate of drug-likeness (QED) is 0.757. The van der Waals surface area contributed by atoms with E-state index in [1.54, 1.807) is 36.4 Å². The Morgan fingerprint density at radius 2 is 1.83 bits per heavy atom. The molecule has 2 aromatic rings. The van der Waals surface area contributed by atoms with Crippen LogP contribution in [0.4, 0.5) is 10.1 Å². The molecule has 1 amide bonds. The van der Waals surface area contributed by atoms with Gasteiger partial charge in [0.15, 0.2) is 5.17 Å². The van der Waals surface area contributed by atoms with Gasteiger partial charge >= 0.3 is 0 Å². The van der Waals surface area contributed by atoms with Crippen molar-refractivity contribution < 1.29 is 9.18 Å². The van der Waals surface area contributed by atoms with E-state index in [4.69, 9.17) is 23.2 Å². The van der Waals surface area contributed by atoms with Gasteiger partial charge < -0.3 is 5.32 Å². The van der Waals surface area contributed by atoms with Gasteiger partial charge in [-0.05, 0) is 53.7 Å². The van der Waals surface area contributed by atoms with E-state index in [9.17, 15) is 9.18 Å². The summed E-state index contributed by atoms with van der Waals surface area (Å²) in [5.41, 5.74) is 1.32. The number of carbonyl (C=O) groups excluding carboxylic acids is 1. The number of nitrogens with zero attached hydrogens (tertiary/aromatic N) is 1. The molecular formula is C16H9Cl2FN2OS. The molecule has 0 unspecified atom stereocenters. The third-order valence-corrected chi connectivity index (χ3v) is 4.60. The van der Waals surface area contributed by atoms with Gasteiger partial charge in [0, 0.05) is 0 Å². The molecule has 0 aliphatic carbocycles. The van der Waals surface area contributed by atoms with Gasteiger partial charge in [-0.25, -0.2) is 9.38 Å². The molecule has 0 bridgehead atoms. The number of hydrogen-bond donors (Lipinski definition) is 1. The van der Waals surface area contributed by atoms with Crippen molar-refractivity contribution in [1.82, 2.24) is 5.32 Å². The van der Waals surface area contributed by atoms with Crippen LogP contribution >= 0.6 is 35.0 Å². The maximum atomic E-state index is 12.9. The molecule has 23 heavy (non-hydrogen) atoms. The fraction of sp³-hybridized carbons (Fsp3) is 0. The lowest BCUT2D eigenvalue weighted by Gasteiger charge is -1.99. The van der Waals surface area contributed by atoms with Gasteiger partial charge in [0.1, 0.15) is 5.82 Å². The summed E-state index contributed by atoms with van der Waals surface area (Å²) < 4.78 is 12.9. The van der Waals surface area contributed by atoms with Crippen molar-refractivity contribution in [2.75, 3.05) is 0 Å². The molecule has 1 fully saturated rings. The zero-order valence-corrected chi connectivity index (χ0v) is 13.8. The fourth-order valence-corrected chi connectivity index (χ4v) is 3.00. The van der Waals surface area contributed by atoms with Crippen molar-refractivity contribution >= 4 is 57.8 Å². The Hall–Kier alpha value is -1.82. The lowest BCUT2D eigenvalue weighted by molar-refractivity contribution is -0.115. The molecule has 0 aromatic heterocycles. The molecule has 0 spiro atoms. The highest BCUT2D eigenvalue weighted by atomic mass is 35.5. The molecule has 0 saturated carbocycles. The van der Waals surface area contributed by atoms with Crippen LogP contribution in [0.1, 0.15) is 5.56 Å². The minimum absolute atomic E-state index is 0.252. The molecular weight excluding hydrogens is 358 g/mol. The molecule has 1 saturated heterocycles. The maximum absolute atomic E-state index is 12.9. The van der Waals surface area contributed by atoms with Crippen molar-refractivity contribution in [2.45, 2.75) is 0 Å². The van der Waals surface area contributed by atoms with E-state index in [0.29, 0.717) is 25.8 Å². The van der Waals surface area contributed by atoms with Crippen LogP contribution < -0.4 is 5.32 Å². The van der Waals surface area contributed by atoms with E-state index in [0.717, 1.165) is 5.56 Å². The van der Waals surface area contributed by atoms with E-state index < -0.39 is 0 Å². The molecule has 3 rings (SSSR count). The van der Waals surface area contributed by atoms with E-state index in [-0.39, 0.29) is 11.7 Å². The second-order valence-corrected chi connectivity index (χ2v) is 6.48. The van der Waals surface area contributed by atoms with Gasteiger partial charge in [-0.2, -0.15) is 0 Å². The summed E-state index contributed by atoms with van der Waals surface area (Å²) >= 11 is 13.0. The Bertz CT molecular complexity index is 834. The van der Waals surface area contributed by atoms with E-state index in [1.165, 1.54) is 23.9 Å². The minimum atomic E-state index is -0.322. The van der Waals surface area contributed by atoms with Crippen LogP contribution in [0.2, 0.25) is 10.0 Å². The Labute approximate surface area is 146 Å². The van der Waals surface area contributed by atoms with Crippen LogP contribution in [0.5, 0.6) is 0 Å². The number of benzene rings is 2. The number of carbonyl (C=O) groups is 1. The molecule has 1 heterocycles. The van der Waals surface area contributed by atoms with Crippen molar-refractivity contribution in [3.63, 3.8) is 0 Å². The molecule has 1 N–H and O–H groups in total. The van der Waals surface area contributed by atoms with Gasteiger partial charge in [-0.1, -0.05) is 35.3 Å². The summed E-state index contributed by atoms with van der Waals surface area (Å²) in [5.74, 6) is -0.573. The Morgan fingerprint density at radius 1 is 1.09 bits per heavy atom. The third-order valence-electron chi connectivity index (χ3n) is 2.95. The molecule has 1 aliphatic rings. The standard InChI is InChI=1S/C16H9Cl2FN2OS/c17-12-6-5-11(8-13(12)18)20-16-21-15(22)14(23-16)7-9-1-3-10(19)4-2-9/h1-8H,(H,20,21,22). The van der Waals surface area contributed by atoms with Crippen molar-refractivity contribution in [2.24, 2.45) is 4.99 Å². The number of thioether (sulfide) groups is 1. The number of aliphatic imine (C=N–C) groups is 1. The van der Waals surface area contributed by atoms with Crippen LogP contribution in [-0.2, 0) is 4.79 Å². The number of amides is 1. The van der Waals surface area contributed by atoms with Crippen LogP contribution in [0.15, 0.2) is 52.4 Å². The first-order valence-corrected chi connectivity index (χ1v) is 8.09. The second kappa shape index (κ2) is 6.74. The van der Waals surface area contributed by atoms with Crippen molar-refractivity contribution in [1.29, 1.82) is 0 Å². The van der Waals surface area contributed by atoms with Gasteiger partial charge in [-0.15, -0.1) is 0 Å². The highest BCUT2D eigenvalue weighted by Crippen LogP contribution is 2.30. The van der Waals surface area contributed by atoms with Crippen molar-refractivity contribution in [3.8, 4) is 0 Å². The lowest BCUT2D eigenvalue weighted by Crippen LogP contribution is -2.19. The van der Waals surface area contributed by atoms with Gasteiger partial charge in [-0.3, -0.25) is 4.79 Å². The predicted octanol–water partition coefficient (Wildman–Crippen LogP) is 5.02. The molecule has 0 radical (unpaired) electrons. The summed E-state index contributed by atoms with van der Waals surface area (Å²) in [7, 11) is 0. The summed E-state index contributed by atoms with van der Waals surface area (Å²) in [6.45, 7) is 0. The SMILES string of the molecule is O=C1NC(=Nc2ccc(Cl)c(Cl)c2)SC1=Cc1ccc(F)cc1. The fourth-order valence-electron chi connectivity index (χ4n) is 1.86. The van der Waals surface area contributed by atoms with Crippen molar-refractivity contribution in [3.05, 3.63) is 68.8 Å². The molecule has 2 aromatic carbocycles. The second-order valence-electron chi connectivity index (χ2n) is 4.63. The Kier molecular flexibility index (Phi) is 4.71. The highest BCUT2D eigenvalue weighted by Gasteiger charge is 2.23. The first kappa shape index (κ1) is 16.1. The predicted molar refractivity (Wildman–Crippen MR) is 93.7 cm³/mol. The molecule has 0 atom stereocenters. The van der Waals surface area contributed by atoms with Gasteiger partial charge in [0.25, 0.3) is 5.91 Å². The smallest absolute Gasteiger partial charge is 0.264 e. The van der Waals surface area contributed by atoms with Crippen LogP contribution in [0.3, 0.4) is 0 Å². The first-order chi connectivity index (χ1) is 11.0. The normalized spacial score (nSPS) is 17.8.